The maximum atomic E-state index is 14.6. The lowest BCUT2D eigenvalue weighted by atomic mass is 9.98. The van der Waals surface area contributed by atoms with Crippen LogP contribution in [0.1, 0.15) is 23.6 Å². The number of halogens is 3. The highest BCUT2D eigenvalue weighted by molar-refractivity contribution is 6.30. The summed E-state index contributed by atoms with van der Waals surface area (Å²) in [5, 5.41) is 0.0415. The van der Waals surface area contributed by atoms with E-state index in [4.69, 9.17) is 11.6 Å². The van der Waals surface area contributed by atoms with E-state index in [2.05, 4.69) is 25.1 Å². The molecule has 3 heteroatoms. The summed E-state index contributed by atoms with van der Waals surface area (Å²) in [4.78, 5) is 0. The van der Waals surface area contributed by atoms with E-state index in [1.165, 1.54) is 23.3 Å². The van der Waals surface area contributed by atoms with Crippen molar-refractivity contribution in [2.45, 2.75) is 19.8 Å². The third-order valence-electron chi connectivity index (χ3n) is 4.67. The standard InChI is InChI=1S/C21H15ClF2/c1-2-12-3-5-16-14(7-12)8-15-9-18(20(23)11-17(15)16)13-4-6-19(22)21(24)10-13/h3-7,9-11H,2,8H2,1H3. The Morgan fingerprint density at radius 2 is 1.62 bits per heavy atom. The Labute approximate surface area is 144 Å². The van der Waals surface area contributed by atoms with Gasteiger partial charge in [0.05, 0.1) is 5.02 Å². The summed E-state index contributed by atoms with van der Waals surface area (Å²) < 4.78 is 28.4. The quantitative estimate of drug-likeness (QED) is 0.395. The molecular weight excluding hydrogens is 326 g/mol. The van der Waals surface area contributed by atoms with Crippen LogP contribution in [0.3, 0.4) is 0 Å². The lowest BCUT2D eigenvalue weighted by Crippen LogP contribution is -1.90. The van der Waals surface area contributed by atoms with E-state index in [1.54, 1.807) is 12.1 Å². The van der Waals surface area contributed by atoms with Crippen molar-refractivity contribution in [3.05, 3.63) is 81.9 Å². The molecule has 0 amide bonds. The smallest absolute Gasteiger partial charge is 0.142 e. The van der Waals surface area contributed by atoms with Crippen molar-refractivity contribution in [2.24, 2.45) is 0 Å². The van der Waals surface area contributed by atoms with E-state index in [0.717, 1.165) is 29.5 Å². The van der Waals surface area contributed by atoms with Gasteiger partial charge in [0.1, 0.15) is 11.6 Å². The first kappa shape index (κ1) is 15.3. The van der Waals surface area contributed by atoms with Crippen molar-refractivity contribution in [1.29, 1.82) is 0 Å². The molecule has 0 heterocycles. The van der Waals surface area contributed by atoms with E-state index in [-0.39, 0.29) is 10.8 Å². The lowest BCUT2D eigenvalue weighted by Gasteiger charge is -2.08. The molecule has 0 spiro atoms. The van der Waals surface area contributed by atoms with Crippen LogP contribution in [0.5, 0.6) is 0 Å². The van der Waals surface area contributed by atoms with Crippen LogP contribution in [0, 0.1) is 11.6 Å². The Kier molecular flexibility index (Phi) is 3.65. The van der Waals surface area contributed by atoms with Gasteiger partial charge in [-0.2, -0.15) is 0 Å². The summed E-state index contributed by atoms with van der Waals surface area (Å²) in [5.74, 6) is -0.882. The summed E-state index contributed by atoms with van der Waals surface area (Å²) in [5.41, 5.74) is 6.52. The van der Waals surface area contributed by atoms with Crippen LogP contribution >= 0.6 is 11.6 Å². The molecule has 0 saturated carbocycles. The fourth-order valence-electron chi connectivity index (χ4n) is 3.38. The molecule has 0 fully saturated rings. The van der Waals surface area contributed by atoms with Gasteiger partial charge in [0.25, 0.3) is 0 Å². The van der Waals surface area contributed by atoms with E-state index < -0.39 is 5.82 Å². The molecule has 0 radical (unpaired) electrons. The fraction of sp³-hybridized carbons (Fsp3) is 0.143. The Morgan fingerprint density at radius 1 is 0.833 bits per heavy atom. The number of fused-ring (bicyclic) bond motifs is 3. The van der Waals surface area contributed by atoms with Crippen molar-refractivity contribution in [3.63, 3.8) is 0 Å². The molecule has 24 heavy (non-hydrogen) atoms. The topological polar surface area (TPSA) is 0 Å². The van der Waals surface area contributed by atoms with Gasteiger partial charge in [0.15, 0.2) is 0 Å². The van der Waals surface area contributed by atoms with E-state index in [0.29, 0.717) is 11.1 Å². The van der Waals surface area contributed by atoms with Crippen molar-refractivity contribution < 1.29 is 8.78 Å². The molecule has 0 nitrogen and oxygen atoms in total. The second kappa shape index (κ2) is 5.71. The Balaban J connectivity index is 1.83. The van der Waals surface area contributed by atoms with Crippen molar-refractivity contribution >= 4 is 11.6 Å². The second-order valence-electron chi connectivity index (χ2n) is 6.14. The molecule has 0 unspecified atom stereocenters. The van der Waals surface area contributed by atoms with Crippen LogP contribution in [0.15, 0.2) is 48.5 Å². The number of rotatable bonds is 2. The van der Waals surface area contributed by atoms with E-state index in [1.807, 2.05) is 6.07 Å². The minimum absolute atomic E-state index is 0.0415. The minimum atomic E-state index is -0.537. The number of hydrogen-bond donors (Lipinski definition) is 0. The lowest BCUT2D eigenvalue weighted by molar-refractivity contribution is 0.625. The highest BCUT2D eigenvalue weighted by atomic mass is 35.5. The maximum Gasteiger partial charge on any atom is 0.142 e. The summed E-state index contributed by atoms with van der Waals surface area (Å²) >= 11 is 5.72. The molecule has 0 atom stereocenters. The molecule has 0 aromatic heterocycles. The largest absolute Gasteiger partial charge is 0.206 e. The van der Waals surface area contributed by atoms with Crippen LogP contribution in [-0.2, 0) is 12.8 Å². The number of benzene rings is 3. The first-order chi connectivity index (χ1) is 11.6. The van der Waals surface area contributed by atoms with Crippen LogP contribution in [0.2, 0.25) is 5.02 Å². The molecule has 0 saturated heterocycles. The van der Waals surface area contributed by atoms with Gasteiger partial charge in [-0.15, -0.1) is 0 Å². The molecule has 0 bridgehead atoms. The fourth-order valence-corrected chi connectivity index (χ4v) is 3.50. The predicted molar refractivity (Wildman–Crippen MR) is 94.4 cm³/mol. The van der Waals surface area contributed by atoms with Gasteiger partial charge < -0.3 is 0 Å². The van der Waals surface area contributed by atoms with Gasteiger partial charge in [0, 0.05) is 5.56 Å². The molecule has 120 valence electrons. The van der Waals surface area contributed by atoms with Crippen molar-refractivity contribution in [3.8, 4) is 22.3 Å². The zero-order valence-corrected chi connectivity index (χ0v) is 13.9. The Morgan fingerprint density at radius 3 is 2.38 bits per heavy atom. The zero-order chi connectivity index (χ0) is 16.8. The van der Waals surface area contributed by atoms with Gasteiger partial charge in [-0.1, -0.05) is 42.8 Å². The highest BCUT2D eigenvalue weighted by Gasteiger charge is 2.21. The highest BCUT2D eigenvalue weighted by Crippen LogP contribution is 2.40. The summed E-state index contributed by atoms with van der Waals surface area (Å²) in [6.45, 7) is 2.12. The van der Waals surface area contributed by atoms with Crippen LogP contribution in [-0.4, -0.2) is 0 Å². The molecule has 4 rings (SSSR count). The Hall–Kier alpha value is -2.19. The zero-order valence-electron chi connectivity index (χ0n) is 13.2. The van der Waals surface area contributed by atoms with Crippen LogP contribution < -0.4 is 0 Å². The monoisotopic (exact) mass is 340 g/mol. The average molecular weight is 341 g/mol. The second-order valence-corrected chi connectivity index (χ2v) is 6.55. The van der Waals surface area contributed by atoms with Crippen LogP contribution in [0.4, 0.5) is 8.78 Å². The third-order valence-corrected chi connectivity index (χ3v) is 4.98. The van der Waals surface area contributed by atoms with Gasteiger partial charge in [-0.05, 0) is 70.5 Å². The first-order valence-corrected chi connectivity index (χ1v) is 8.34. The number of aryl methyl sites for hydroxylation is 1. The van der Waals surface area contributed by atoms with Crippen molar-refractivity contribution in [2.75, 3.05) is 0 Å². The predicted octanol–water partition coefficient (Wildman–Crippen LogP) is 6.42. The van der Waals surface area contributed by atoms with Gasteiger partial charge in [-0.3, -0.25) is 0 Å². The normalized spacial score (nSPS) is 12.2. The molecule has 3 aromatic rings. The summed E-state index contributed by atoms with van der Waals surface area (Å²) in [6, 6.07) is 14.1. The van der Waals surface area contributed by atoms with Gasteiger partial charge in [0.2, 0.25) is 0 Å². The van der Waals surface area contributed by atoms with E-state index in [9.17, 15) is 8.78 Å². The van der Waals surface area contributed by atoms with Gasteiger partial charge >= 0.3 is 0 Å². The minimum Gasteiger partial charge on any atom is -0.206 e. The summed E-state index contributed by atoms with van der Waals surface area (Å²) in [6.07, 6.45) is 1.76. The molecule has 3 aromatic carbocycles. The maximum absolute atomic E-state index is 14.6. The molecule has 0 N–H and O–H groups in total. The Bertz CT molecular complexity index is 960. The molecular formula is C21H15ClF2. The number of hydrogen-bond acceptors (Lipinski definition) is 0. The van der Waals surface area contributed by atoms with Crippen molar-refractivity contribution in [1.82, 2.24) is 0 Å². The van der Waals surface area contributed by atoms with E-state index >= 15 is 0 Å². The first-order valence-electron chi connectivity index (χ1n) is 7.97. The van der Waals surface area contributed by atoms with Gasteiger partial charge in [-0.25, -0.2) is 8.78 Å². The molecule has 1 aliphatic rings. The SMILES string of the molecule is CCc1ccc2c(c1)Cc1cc(-c3ccc(Cl)c(F)c3)c(F)cc1-2. The van der Waals surface area contributed by atoms with Crippen LogP contribution in [0.25, 0.3) is 22.3 Å². The average Bonchev–Trinajstić information content (AvgIpc) is 2.93. The summed E-state index contributed by atoms with van der Waals surface area (Å²) in [7, 11) is 0. The third kappa shape index (κ3) is 2.42. The molecule has 1 aliphatic carbocycles. The molecule has 0 aliphatic heterocycles.